The zero-order valence-electron chi connectivity index (χ0n) is 5.38. The van der Waals surface area contributed by atoms with Crippen LogP contribution in [0.5, 0.6) is 0 Å². The van der Waals surface area contributed by atoms with Crippen molar-refractivity contribution in [3.05, 3.63) is 24.3 Å². The van der Waals surface area contributed by atoms with E-state index in [0.717, 1.165) is 6.42 Å². The molecule has 0 atom stereocenters. The van der Waals surface area contributed by atoms with Crippen LogP contribution in [-0.2, 0) is 16.5 Å². The van der Waals surface area contributed by atoms with Crippen LogP contribution in [0.15, 0.2) is 18.2 Å². The van der Waals surface area contributed by atoms with Gasteiger partial charge in [0.2, 0.25) is 0 Å². The first kappa shape index (κ1) is 8.97. The Bertz CT molecular complexity index is 89.1. The van der Waals surface area contributed by atoms with Gasteiger partial charge >= 0.3 is 0 Å². The fourth-order valence-corrected chi connectivity index (χ4v) is 0.805. The van der Waals surface area contributed by atoms with E-state index in [4.69, 9.17) is 0 Å². The molecule has 0 saturated carbocycles. The maximum atomic E-state index is 3.18. The van der Waals surface area contributed by atoms with Gasteiger partial charge in [0.25, 0.3) is 0 Å². The third-order valence-corrected chi connectivity index (χ3v) is 1.29. The van der Waals surface area contributed by atoms with E-state index < -0.39 is 0 Å². The minimum absolute atomic E-state index is 0. The topological polar surface area (TPSA) is 0 Å². The summed E-state index contributed by atoms with van der Waals surface area (Å²) in [6, 6.07) is 0. The summed E-state index contributed by atoms with van der Waals surface area (Å²) in [5.41, 5.74) is 0. The second-order valence-electron chi connectivity index (χ2n) is 2.04. The van der Waals surface area contributed by atoms with Gasteiger partial charge in [-0.3, -0.25) is 6.08 Å². The van der Waals surface area contributed by atoms with Gasteiger partial charge in [-0.15, -0.1) is 6.42 Å². The first-order valence-electron chi connectivity index (χ1n) is 3.22. The van der Waals surface area contributed by atoms with Crippen molar-refractivity contribution in [1.29, 1.82) is 0 Å². The predicted octanol–water partition coefficient (Wildman–Crippen LogP) is 2.47. The van der Waals surface area contributed by atoms with Crippen molar-refractivity contribution in [2.45, 2.75) is 25.7 Å². The summed E-state index contributed by atoms with van der Waals surface area (Å²) in [5.74, 6) is 0. The third kappa shape index (κ3) is 4.48. The predicted molar refractivity (Wildman–Crippen MR) is 35.4 cm³/mol. The van der Waals surface area contributed by atoms with E-state index in [-0.39, 0.29) is 16.5 Å². The Balaban J connectivity index is 0.000000640. The van der Waals surface area contributed by atoms with Crippen LogP contribution in [0.1, 0.15) is 25.7 Å². The number of rotatable bonds is 0. The molecule has 0 aromatic rings. The van der Waals surface area contributed by atoms with Gasteiger partial charge in [0.05, 0.1) is 0 Å². The number of hydrogen-bond acceptors (Lipinski definition) is 0. The van der Waals surface area contributed by atoms with Crippen LogP contribution in [0, 0.1) is 6.08 Å². The van der Waals surface area contributed by atoms with Crippen LogP contribution in [0.3, 0.4) is 0 Å². The van der Waals surface area contributed by atoms with Gasteiger partial charge < -0.3 is 0 Å². The van der Waals surface area contributed by atoms with Crippen molar-refractivity contribution in [3.63, 3.8) is 0 Å². The van der Waals surface area contributed by atoms with Crippen LogP contribution in [0.25, 0.3) is 0 Å². The molecule has 1 rings (SSSR count). The molecule has 0 fully saturated rings. The molecule has 0 spiro atoms. The van der Waals surface area contributed by atoms with E-state index in [2.05, 4.69) is 18.2 Å². The van der Waals surface area contributed by atoms with E-state index in [1.54, 1.807) is 0 Å². The smallest absolute Gasteiger partial charge is 0 e. The van der Waals surface area contributed by atoms with Gasteiger partial charge in [-0.1, -0.05) is 19.3 Å². The van der Waals surface area contributed by atoms with Gasteiger partial charge in [-0.2, -0.15) is 6.08 Å². The molecule has 0 N–H and O–H groups in total. The van der Waals surface area contributed by atoms with Crippen LogP contribution < -0.4 is 0 Å². The molecule has 9 heavy (non-hydrogen) atoms. The summed E-state index contributed by atoms with van der Waals surface area (Å²) in [6.45, 7) is 0. The van der Waals surface area contributed by atoms with Crippen LogP contribution >= 0.6 is 0 Å². The Labute approximate surface area is 67.0 Å². The van der Waals surface area contributed by atoms with Gasteiger partial charge in [0.15, 0.2) is 0 Å². The fraction of sp³-hybridized carbons (Fsp3) is 0.500. The van der Waals surface area contributed by atoms with Crippen LogP contribution in [0.4, 0.5) is 0 Å². The zero-order valence-corrected chi connectivity index (χ0v) is 6.36. The Morgan fingerprint density at radius 3 is 3.00 bits per heavy atom. The van der Waals surface area contributed by atoms with Crippen LogP contribution in [-0.4, -0.2) is 0 Å². The van der Waals surface area contributed by atoms with Gasteiger partial charge in [0, 0.05) is 16.5 Å². The average Bonchev–Trinajstić information content (AvgIpc) is 1.62. The molecular formula is C8H11Ni-. The molecule has 0 aromatic heterocycles. The summed E-state index contributed by atoms with van der Waals surface area (Å²) in [7, 11) is 0. The van der Waals surface area contributed by atoms with Crippen LogP contribution in [0.2, 0.25) is 0 Å². The molecular weight excluding hydrogens is 155 g/mol. The van der Waals surface area contributed by atoms with Gasteiger partial charge in [-0.05, 0) is 0 Å². The minimum Gasteiger partial charge on any atom is -0.275 e. The molecule has 0 heterocycles. The molecule has 1 aliphatic rings. The van der Waals surface area contributed by atoms with Crippen molar-refractivity contribution >= 4 is 0 Å². The molecule has 54 valence electrons. The van der Waals surface area contributed by atoms with E-state index in [1.807, 2.05) is 6.08 Å². The first-order valence-corrected chi connectivity index (χ1v) is 3.22. The zero-order chi connectivity index (χ0) is 5.66. The molecule has 0 aromatic carbocycles. The van der Waals surface area contributed by atoms with Gasteiger partial charge in [-0.25, -0.2) is 12.2 Å². The van der Waals surface area contributed by atoms with E-state index in [1.165, 1.54) is 19.3 Å². The quantitative estimate of drug-likeness (QED) is 0.383. The molecule has 1 heteroatoms. The van der Waals surface area contributed by atoms with Gasteiger partial charge in [0.1, 0.15) is 0 Å². The fourth-order valence-electron chi connectivity index (χ4n) is 0.805. The summed E-state index contributed by atoms with van der Waals surface area (Å²) in [6.07, 6.45) is 14.5. The Morgan fingerprint density at radius 1 is 1.22 bits per heavy atom. The maximum absolute atomic E-state index is 3.18. The van der Waals surface area contributed by atoms with E-state index in [9.17, 15) is 0 Å². The standard InChI is InChI=1S/C8H11.Ni/c1-2-4-6-8-7-5-3-1;/h1-3H,4,6-8H2;/q-1;/b2-1-;. The molecule has 0 nitrogen and oxygen atoms in total. The Morgan fingerprint density at radius 2 is 2.11 bits per heavy atom. The van der Waals surface area contributed by atoms with Crippen molar-refractivity contribution in [3.8, 4) is 0 Å². The molecule has 0 saturated heterocycles. The third-order valence-electron chi connectivity index (χ3n) is 1.29. The normalized spacial score (nSPS) is 21.3. The molecule has 1 aliphatic carbocycles. The molecule has 0 amide bonds. The second-order valence-corrected chi connectivity index (χ2v) is 2.04. The number of allylic oxidation sites excluding steroid dienone is 4. The Kier molecular flexibility index (Phi) is 6.08. The number of hydrogen-bond donors (Lipinski definition) is 0. The molecule has 0 radical (unpaired) electrons. The van der Waals surface area contributed by atoms with E-state index >= 15 is 0 Å². The average molecular weight is 166 g/mol. The summed E-state index contributed by atoms with van der Waals surface area (Å²) >= 11 is 0. The minimum atomic E-state index is 0. The SMILES string of the molecule is [C-]1=C/C=C\CCCC1.[Ni]. The molecule has 0 unspecified atom stereocenters. The summed E-state index contributed by atoms with van der Waals surface area (Å²) in [4.78, 5) is 0. The van der Waals surface area contributed by atoms with E-state index in [0.29, 0.717) is 0 Å². The van der Waals surface area contributed by atoms with Crippen molar-refractivity contribution in [2.75, 3.05) is 0 Å². The first-order chi connectivity index (χ1) is 4.00. The summed E-state index contributed by atoms with van der Waals surface area (Å²) in [5, 5.41) is 0. The van der Waals surface area contributed by atoms with Crippen molar-refractivity contribution in [2.24, 2.45) is 0 Å². The Hall–Kier alpha value is -0.0265. The van der Waals surface area contributed by atoms with Crippen molar-refractivity contribution in [1.82, 2.24) is 0 Å². The summed E-state index contributed by atoms with van der Waals surface area (Å²) < 4.78 is 0. The second kappa shape index (κ2) is 6.10. The van der Waals surface area contributed by atoms with Crippen molar-refractivity contribution < 1.29 is 16.5 Å². The monoisotopic (exact) mass is 165 g/mol. The maximum Gasteiger partial charge on any atom is 0 e. The molecule has 0 bridgehead atoms. The largest absolute Gasteiger partial charge is 0.275 e. The molecule has 0 aliphatic heterocycles.